The van der Waals surface area contributed by atoms with Crippen LogP contribution in [0.5, 0.6) is 17.2 Å². The Kier molecular flexibility index (Phi) is 16.0. The van der Waals surface area contributed by atoms with Crippen LogP contribution in [0.25, 0.3) is 0 Å². The van der Waals surface area contributed by atoms with Gasteiger partial charge in [0.05, 0.1) is 17.0 Å². The highest BCUT2D eigenvalue weighted by Gasteiger charge is 2.21. The lowest BCUT2D eigenvalue weighted by atomic mass is 10.0. The molecule has 1 atom stereocenters. The molecule has 0 N–H and O–H groups in total. The Morgan fingerprint density at radius 3 is 2.20 bits per heavy atom. The first-order valence-electron chi connectivity index (χ1n) is 16.3. The van der Waals surface area contributed by atoms with Gasteiger partial charge in [-0.25, -0.2) is 4.57 Å². The van der Waals surface area contributed by atoms with E-state index in [9.17, 15) is 14.3 Å². The predicted molar refractivity (Wildman–Crippen MR) is 176 cm³/mol. The number of hydrogen-bond donors (Lipinski definition) is 0. The average molecular weight is 644 g/mol. The van der Waals surface area contributed by atoms with Crippen molar-refractivity contribution >= 4 is 24.9 Å². The molecule has 3 rings (SSSR count). The van der Waals surface area contributed by atoms with Crippen molar-refractivity contribution in [1.29, 1.82) is 0 Å². The van der Waals surface area contributed by atoms with E-state index in [4.69, 9.17) is 13.8 Å². The predicted octanol–water partition coefficient (Wildman–Crippen LogP) is 9.38. The van der Waals surface area contributed by atoms with Gasteiger partial charge >= 0.3 is 7.82 Å². The maximum absolute atomic E-state index is 13.1. The van der Waals surface area contributed by atoms with E-state index in [-0.39, 0.29) is 22.8 Å². The van der Waals surface area contributed by atoms with Gasteiger partial charge in [-0.1, -0.05) is 108 Å². The van der Waals surface area contributed by atoms with Crippen molar-refractivity contribution in [2.24, 2.45) is 0 Å². The number of carbonyl (C=O) groups is 1. The highest BCUT2D eigenvalue weighted by Crippen LogP contribution is 2.43. The monoisotopic (exact) mass is 643 g/mol. The summed E-state index contributed by atoms with van der Waals surface area (Å²) in [4.78, 5) is 27.3. The summed E-state index contributed by atoms with van der Waals surface area (Å²) < 4.78 is 31.7. The number of nitrogens with zero attached hydrogens (tertiary/aromatic N) is 1. The van der Waals surface area contributed by atoms with Crippen molar-refractivity contribution in [2.75, 3.05) is 6.61 Å². The Morgan fingerprint density at radius 2 is 1.52 bits per heavy atom. The number of Topliss-reactive ketones (excluding diaryl/α,β-unsaturated/α-hetero) is 1. The molecule has 0 saturated carbocycles. The third kappa shape index (κ3) is 13.5. The third-order valence-electron chi connectivity index (χ3n) is 7.44. The summed E-state index contributed by atoms with van der Waals surface area (Å²) in [7, 11) is -4.84. The van der Waals surface area contributed by atoms with Gasteiger partial charge in [0, 0.05) is 12.0 Å². The van der Waals surface area contributed by atoms with Crippen molar-refractivity contribution in [2.45, 2.75) is 117 Å². The fourth-order valence-electron chi connectivity index (χ4n) is 5.05. The van der Waals surface area contributed by atoms with Crippen LogP contribution in [0.1, 0.15) is 125 Å². The number of thiazole rings is 1. The Balaban J connectivity index is 1.57. The molecule has 242 valence electrons. The largest absolute Gasteiger partial charge is 0.736 e. The Hall–Kier alpha value is -2.67. The summed E-state index contributed by atoms with van der Waals surface area (Å²) in [5.41, 5.74) is 3.09. The molecule has 1 heterocycles. The molecule has 0 spiro atoms. The van der Waals surface area contributed by atoms with E-state index in [1.54, 1.807) is 41.7 Å². The van der Waals surface area contributed by atoms with Crippen LogP contribution in [0.4, 0.5) is 0 Å². The van der Waals surface area contributed by atoms with Gasteiger partial charge in [0.25, 0.3) is 0 Å². The number of aromatic nitrogens is 1. The van der Waals surface area contributed by atoms with Crippen LogP contribution in [0.2, 0.25) is 0 Å². The summed E-state index contributed by atoms with van der Waals surface area (Å²) in [5, 5.41) is 0. The number of carbonyl (C=O) groups excluding carboxylic acids is 1. The van der Waals surface area contributed by atoms with Crippen molar-refractivity contribution in [3.63, 3.8) is 0 Å². The first-order valence-corrected chi connectivity index (χ1v) is 18.7. The van der Waals surface area contributed by atoms with Gasteiger partial charge in [-0.3, -0.25) is 4.79 Å². The van der Waals surface area contributed by atoms with Crippen LogP contribution in [0.3, 0.4) is 0 Å². The Labute approximate surface area is 268 Å². The standard InChI is InChI=1S/C35H50NO6PS/c1-4-6-8-9-10-11-12-13-14-16-23-40-31-21-22-35(33(25-31)34(37)20-15-7-5-2)42-43(38,39)41-32-19-17-18-30(24-32)27-36-26-29(3)44-28-36/h17-19,21-22,24-26,28H,4-16,20,23,27H2,1-3H3. The fourth-order valence-corrected chi connectivity index (χ4v) is 6.50. The Bertz CT molecular complexity index is 1330. The summed E-state index contributed by atoms with van der Waals surface area (Å²) in [6.45, 7) is 7.48. The van der Waals surface area contributed by atoms with Crippen LogP contribution < -0.4 is 23.2 Å². The normalized spacial score (nSPS) is 12.5. The van der Waals surface area contributed by atoms with Crippen molar-refractivity contribution in [3.8, 4) is 17.2 Å². The summed E-state index contributed by atoms with van der Waals surface area (Å²) in [5.74, 6) is 0.461. The lowest BCUT2D eigenvalue weighted by Crippen LogP contribution is -2.30. The first kappa shape index (κ1) is 35.8. The molecule has 44 heavy (non-hydrogen) atoms. The van der Waals surface area contributed by atoms with Gasteiger partial charge < -0.3 is 18.7 Å². The van der Waals surface area contributed by atoms with Crippen molar-refractivity contribution < 1.29 is 32.6 Å². The molecule has 0 aliphatic heterocycles. The number of benzene rings is 2. The van der Waals surface area contributed by atoms with Crippen molar-refractivity contribution in [3.05, 3.63) is 70.2 Å². The molecule has 0 saturated heterocycles. The number of hydrogen-bond acceptors (Lipinski definition) is 7. The highest BCUT2D eigenvalue weighted by atomic mass is 32.1. The summed E-state index contributed by atoms with van der Waals surface area (Å²) >= 11 is 1.64. The fraction of sp³-hybridized carbons (Fsp3) is 0.543. The molecule has 0 aliphatic carbocycles. The van der Waals surface area contributed by atoms with E-state index < -0.39 is 7.82 Å². The zero-order valence-corrected chi connectivity index (χ0v) is 28.5. The minimum absolute atomic E-state index is 0.0448. The van der Waals surface area contributed by atoms with Crippen molar-refractivity contribution in [1.82, 2.24) is 0 Å². The van der Waals surface area contributed by atoms with E-state index >= 15 is 0 Å². The van der Waals surface area contributed by atoms with Gasteiger partial charge in [-0.2, -0.15) is 4.57 Å². The number of ether oxygens (including phenoxy) is 1. The van der Waals surface area contributed by atoms with E-state index in [1.165, 1.54) is 62.3 Å². The lowest BCUT2D eigenvalue weighted by molar-refractivity contribution is -0.683. The smallest absolute Gasteiger partial charge is 0.372 e. The van der Waals surface area contributed by atoms with E-state index in [0.29, 0.717) is 25.3 Å². The van der Waals surface area contributed by atoms with Crippen LogP contribution in [0.15, 0.2) is 54.2 Å². The second kappa shape index (κ2) is 19.7. The number of phosphoric acid groups is 1. The van der Waals surface area contributed by atoms with Crippen LogP contribution >= 0.6 is 19.2 Å². The molecule has 0 radical (unpaired) electrons. The average Bonchev–Trinajstić information content (AvgIpc) is 3.40. The van der Waals surface area contributed by atoms with Gasteiger partial charge in [-0.15, -0.1) is 0 Å². The number of ketones is 1. The third-order valence-corrected chi connectivity index (χ3v) is 9.15. The molecule has 9 heteroatoms. The van der Waals surface area contributed by atoms with Gasteiger partial charge in [-0.05, 0) is 50.1 Å². The number of unbranched alkanes of at least 4 members (excludes halogenated alkanes) is 11. The topological polar surface area (TPSA) is 88.8 Å². The zero-order chi connectivity index (χ0) is 31.6. The quantitative estimate of drug-likeness (QED) is 0.0443. The van der Waals surface area contributed by atoms with E-state index in [0.717, 1.165) is 37.7 Å². The zero-order valence-electron chi connectivity index (χ0n) is 26.8. The second-order valence-electron chi connectivity index (χ2n) is 11.5. The maximum Gasteiger partial charge on any atom is 0.372 e. The molecule has 3 aromatic rings. The summed E-state index contributed by atoms with van der Waals surface area (Å²) in [6.07, 6.45) is 17.3. The number of aryl methyl sites for hydroxylation is 1. The maximum atomic E-state index is 13.1. The molecule has 1 unspecified atom stereocenters. The second-order valence-corrected chi connectivity index (χ2v) is 13.8. The Morgan fingerprint density at radius 1 is 0.841 bits per heavy atom. The first-order chi connectivity index (χ1) is 21.3. The molecule has 7 nitrogen and oxygen atoms in total. The molecular formula is C35H50NO6PS. The van der Waals surface area contributed by atoms with Gasteiger partial charge in [0.15, 0.2) is 18.5 Å². The van der Waals surface area contributed by atoms with Crippen LogP contribution in [-0.4, -0.2) is 12.4 Å². The lowest BCUT2D eigenvalue weighted by Gasteiger charge is -2.25. The number of phosphoric ester groups is 1. The van der Waals surface area contributed by atoms with Gasteiger partial charge in [0.1, 0.15) is 17.2 Å². The minimum atomic E-state index is -4.84. The molecule has 0 bridgehead atoms. The highest BCUT2D eigenvalue weighted by molar-refractivity contribution is 7.46. The molecule has 0 fully saturated rings. The SMILES string of the molecule is CCCCCCCCCCCCOc1ccc(OP(=O)([O-])Oc2cccc(C[n+]3csc(C)c3)c2)c(C(=O)CCCCC)c1. The molecular weight excluding hydrogens is 593 g/mol. The molecule has 1 aromatic heterocycles. The van der Waals surface area contributed by atoms with E-state index in [2.05, 4.69) is 13.8 Å². The molecule has 0 amide bonds. The van der Waals surface area contributed by atoms with Crippen LogP contribution in [-0.2, 0) is 11.1 Å². The summed E-state index contributed by atoms with van der Waals surface area (Å²) in [6, 6.07) is 11.6. The molecule has 0 aliphatic rings. The van der Waals surface area contributed by atoms with Gasteiger partial charge in [0.2, 0.25) is 5.51 Å². The van der Waals surface area contributed by atoms with E-state index in [1.807, 2.05) is 29.3 Å². The molecule has 2 aromatic carbocycles. The van der Waals surface area contributed by atoms with Crippen LogP contribution in [0, 0.1) is 6.92 Å². The minimum Gasteiger partial charge on any atom is -0.736 e. The number of rotatable bonds is 23.